The Kier molecular flexibility index (Phi) is 2.07. The Labute approximate surface area is 93.7 Å². The van der Waals surface area contributed by atoms with Crippen LogP contribution in [0, 0.1) is 6.92 Å². The predicted molar refractivity (Wildman–Crippen MR) is 62.1 cm³/mol. The van der Waals surface area contributed by atoms with Crippen LogP contribution in [0.4, 0.5) is 5.82 Å². The SMILES string of the molecule is Cc1nc([C@@H]2CCCN2)n2ccnc(N)c12. The summed E-state index contributed by atoms with van der Waals surface area (Å²) in [6, 6.07) is 0.350. The Morgan fingerprint density at radius 1 is 1.56 bits per heavy atom. The predicted octanol–water partition coefficient (Wildman–Crippen LogP) is 1.04. The minimum atomic E-state index is 0.350. The maximum Gasteiger partial charge on any atom is 0.149 e. The number of rotatable bonds is 1. The second-order valence-electron chi connectivity index (χ2n) is 4.24. The molecular weight excluding hydrogens is 202 g/mol. The molecule has 2 aromatic rings. The van der Waals surface area contributed by atoms with Crippen LogP contribution in [0.3, 0.4) is 0 Å². The van der Waals surface area contributed by atoms with E-state index >= 15 is 0 Å². The van der Waals surface area contributed by atoms with Crippen LogP contribution in [0.2, 0.25) is 0 Å². The summed E-state index contributed by atoms with van der Waals surface area (Å²) in [5.74, 6) is 1.61. The number of nitrogens with zero attached hydrogens (tertiary/aromatic N) is 3. The number of hydrogen-bond acceptors (Lipinski definition) is 4. The Bertz CT molecular complexity index is 524. The molecule has 3 N–H and O–H groups in total. The van der Waals surface area contributed by atoms with Crippen molar-refractivity contribution in [3.05, 3.63) is 23.9 Å². The van der Waals surface area contributed by atoms with Crippen LogP contribution >= 0.6 is 0 Å². The van der Waals surface area contributed by atoms with Gasteiger partial charge in [0.25, 0.3) is 0 Å². The van der Waals surface area contributed by atoms with Crippen molar-refractivity contribution < 1.29 is 0 Å². The fourth-order valence-electron chi connectivity index (χ4n) is 2.42. The van der Waals surface area contributed by atoms with E-state index in [-0.39, 0.29) is 0 Å². The Balaban J connectivity index is 2.22. The first kappa shape index (κ1) is 9.59. The summed E-state index contributed by atoms with van der Waals surface area (Å²) in [6.45, 7) is 3.05. The lowest BCUT2D eigenvalue weighted by Gasteiger charge is -2.08. The van der Waals surface area contributed by atoms with Gasteiger partial charge in [0.2, 0.25) is 0 Å². The molecule has 84 valence electrons. The normalized spacial score (nSPS) is 20.7. The van der Waals surface area contributed by atoms with Gasteiger partial charge in [0.15, 0.2) is 0 Å². The Morgan fingerprint density at radius 2 is 2.44 bits per heavy atom. The number of nitrogens with two attached hydrogens (primary N) is 1. The number of aryl methyl sites for hydroxylation is 1. The molecule has 1 aliphatic heterocycles. The van der Waals surface area contributed by atoms with Gasteiger partial charge < -0.3 is 11.1 Å². The van der Waals surface area contributed by atoms with Gasteiger partial charge in [0.05, 0.1) is 11.7 Å². The first-order valence-corrected chi connectivity index (χ1v) is 5.60. The van der Waals surface area contributed by atoms with E-state index in [1.807, 2.05) is 13.1 Å². The number of anilines is 1. The summed E-state index contributed by atoms with van der Waals surface area (Å²) in [7, 11) is 0. The first-order valence-electron chi connectivity index (χ1n) is 5.60. The standard InChI is InChI=1S/C11H15N5/c1-7-9-10(12)14-5-6-16(9)11(15-7)8-3-2-4-13-8/h5-6,8,13H,2-4H2,1H3,(H2,12,14)/t8-/m0/s1. The highest BCUT2D eigenvalue weighted by atomic mass is 15.1. The van der Waals surface area contributed by atoms with E-state index in [1.54, 1.807) is 6.20 Å². The second-order valence-corrected chi connectivity index (χ2v) is 4.24. The summed E-state index contributed by atoms with van der Waals surface area (Å²) < 4.78 is 2.06. The van der Waals surface area contributed by atoms with Crippen LogP contribution < -0.4 is 11.1 Å². The molecule has 3 rings (SSSR count). The van der Waals surface area contributed by atoms with Crippen molar-refractivity contribution >= 4 is 11.3 Å². The molecule has 1 saturated heterocycles. The van der Waals surface area contributed by atoms with Gasteiger partial charge in [-0.1, -0.05) is 0 Å². The number of fused-ring (bicyclic) bond motifs is 1. The minimum absolute atomic E-state index is 0.350. The molecule has 0 unspecified atom stereocenters. The molecule has 1 aliphatic rings. The monoisotopic (exact) mass is 217 g/mol. The van der Waals surface area contributed by atoms with Crippen molar-refractivity contribution in [1.29, 1.82) is 0 Å². The second kappa shape index (κ2) is 3.45. The topological polar surface area (TPSA) is 68.2 Å². The zero-order valence-electron chi connectivity index (χ0n) is 9.27. The molecule has 3 heterocycles. The highest BCUT2D eigenvalue weighted by Crippen LogP contribution is 2.26. The largest absolute Gasteiger partial charge is 0.382 e. The Morgan fingerprint density at radius 3 is 3.19 bits per heavy atom. The molecule has 0 amide bonds. The van der Waals surface area contributed by atoms with Gasteiger partial charge in [-0.05, 0) is 26.3 Å². The van der Waals surface area contributed by atoms with Gasteiger partial charge in [-0.2, -0.15) is 0 Å². The molecule has 0 aliphatic carbocycles. The number of aromatic nitrogens is 3. The van der Waals surface area contributed by atoms with E-state index in [0.29, 0.717) is 11.9 Å². The van der Waals surface area contributed by atoms with Gasteiger partial charge in [0.1, 0.15) is 17.2 Å². The first-order chi connectivity index (χ1) is 7.77. The third kappa shape index (κ3) is 1.28. The van der Waals surface area contributed by atoms with E-state index in [9.17, 15) is 0 Å². The summed E-state index contributed by atoms with van der Waals surface area (Å²) in [4.78, 5) is 8.72. The molecule has 1 atom stereocenters. The Hall–Kier alpha value is -1.62. The number of hydrogen-bond donors (Lipinski definition) is 2. The summed E-state index contributed by atoms with van der Waals surface area (Å²) in [6.07, 6.45) is 6.00. The zero-order valence-corrected chi connectivity index (χ0v) is 9.27. The lowest BCUT2D eigenvalue weighted by molar-refractivity contribution is 0.601. The minimum Gasteiger partial charge on any atom is -0.382 e. The summed E-state index contributed by atoms with van der Waals surface area (Å²) in [5, 5.41) is 3.45. The van der Waals surface area contributed by atoms with Crippen molar-refractivity contribution in [1.82, 2.24) is 19.7 Å². The molecule has 0 radical (unpaired) electrons. The lowest BCUT2D eigenvalue weighted by atomic mass is 10.2. The van der Waals surface area contributed by atoms with Gasteiger partial charge in [0, 0.05) is 12.4 Å². The molecule has 5 nitrogen and oxygen atoms in total. The fourth-order valence-corrected chi connectivity index (χ4v) is 2.42. The van der Waals surface area contributed by atoms with Crippen LogP contribution in [0.5, 0.6) is 0 Å². The molecule has 2 aromatic heterocycles. The number of nitrogens with one attached hydrogen (secondary N) is 1. The molecule has 16 heavy (non-hydrogen) atoms. The highest BCUT2D eigenvalue weighted by Gasteiger charge is 2.22. The lowest BCUT2D eigenvalue weighted by Crippen LogP contribution is -2.15. The smallest absolute Gasteiger partial charge is 0.149 e. The van der Waals surface area contributed by atoms with Crippen LogP contribution in [-0.2, 0) is 0 Å². The molecule has 5 heteroatoms. The van der Waals surface area contributed by atoms with E-state index in [2.05, 4.69) is 19.7 Å². The molecule has 0 spiro atoms. The van der Waals surface area contributed by atoms with Gasteiger partial charge in [-0.3, -0.25) is 4.40 Å². The van der Waals surface area contributed by atoms with Crippen LogP contribution in [0.25, 0.3) is 5.52 Å². The average Bonchev–Trinajstić information content (AvgIpc) is 2.86. The number of imidazole rings is 1. The van der Waals surface area contributed by atoms with Gasteiger partial charge in [-0.15, -0.1) is 0 Å². The highest BCUT2D eigenvalue weighted by molar-refractivity contribution is 5.68. The van der Waals surface area contributed by atoms with Crippen molar-refractivity contribution in [2.24, 2.45) is 0 Å². The maximum absolute atomic E-state index is 5.88. The molecule has 0 saturated carbocycles. The third-order valence-electron chi connectivity index (χ3n) is 3.16. The molecular formula is C11H15N5. The van der Waals surface area contributed by atoms with Gasteiger partial charge >= 0.3 is 0 Å². The molecule has 0 aromatic carbocycles. The average molecular weight is 217 g/mol. The molecule has 1 fully saturated rings. The zero-order chi connectivity index (χ0) is 11.1. The van der Waals surface area contributed by atoms with Crippen LogP contribution in [0.15, 0.2) is 12.4 Å². The maximum atomic E-state index is 5.88. The van der Waals surface area contributed by atoms with Crippen molar-refractivity contribution in [3.8, 4) is 0 Å². The van der Waals surface area contributed by atoms with Crippen molar-refractivity contribution in [2.45, 2.75) is 25.8 Å². The fraction of sp³-hybridized carbons (Fsp3) is 0.455. The van der Waals surface area contributed by atoms with E-state index in [1.165, 1.54) is 6.42 Å². The van der Waals surface area contributed by atoms with Crippen molar-refractivity contribution in [3.63, 3.8) is 0 Å². The van der Waals surface area contributed by atoms with Crippen molar-refractivity contribution in [2.75, 3.05) is 12.3 Å². The summed E-state index contributed by atoms with van der Waals surface area (Å²) in [5.41, 5.74) is 7.77. The van der Waals surface area contributed by atoms with E-state index < -0.39 is 0 Å². The number of nitrogen functional groups attached to an aromatic ring is 1. The molecule has 0 bridgehead atoms. The van der Waals surface area contributed by atoms with Crippen LogP contribution in [0.1, 0.15) is 30.4 Å². The third-order valence-corrected chi connectivity index (χ3v) is 3.16. The van der Waals surface area contributed by atoms with E-state index in [4.69, 9.17) is 5.73 Å². The van der Waals surface area contributed by atoms with Crippen LogP contribution in [-0.4, -0.2) is 20.9 Å². The summed E-state index contributed by atoms with van der Waals surface area (Å²) >= 11 is 0. The van der Waals surface area contributed by atoms with E-state index in [0.717, 1.165) is 30.0 Å². The van der Waals surface area contributed by atoms with Gasteiger partial charge in [-0.25, -0.2) is 9.97 Å². The quantitative estimate of drug-likeness (QED) is 0.749.